The van der Waals surface area contributed by atoms with Gasteiger partial charge >= 0.3 is 17.9 Å². The summed E-state index contributed by atoms with van der Waals surface area (Å²) >= 11 is 0. The van der Waals surface area contributed by atoms with Crippen molar-refractivity contribution in [2.75, 3.05) is 41.0 Å². The van der Waals surface area contributed by atoms with Gasteiger partial charge in [-0.3, -0.25) is 9.59 Å². The van der Waals surface area contributed by atoms with Gasteiger partial charge in [-0.15, -0.1) is 0 Å². The quantitative estimate of drug-likeness (QED) is 0.0296. The predicted molar refractivity (Wildman–Crippen MR) is 215 cm³/mol. The lowest BCUT2D eigenvalue weighted by molar-refractivity contribution is -0.887. The Morgan fingerprint density at radius 3 is 1.60 bits per heavy atom. The van der Waals surface area contributed by atoms with E-state index in [0.29, 0.717) is 19.3 Å². The van der Waals surface area contributed by atoms with Crippen molar-refractivity contribution >= 4 is 17.9 Å². The molecule has 0 fully saturated rings. The van der Waals surface area contributed by atoms with Gasteiger partial charge in [-0.1, -0.05) is 159 Å². The first kappa shape index (κ1) is 49.3. The summed E-state index contributed by atoms with van der Waals surface area (Å²) in [4.78, 5) is 36.9. The largest absolute Gasteiger partial charge is 0.477 e. The lowest BCUT2D eigenvalue weighted by Gasteiger charge is -2.31. The van der Waals surface area contributed by atoms with E-state index in [4.69, 9.17) is 14.2 Å². The summed E-state index contributed by atoms with van der Waals surface area (Å²) in [5.74, 6) is -1.50. The lowest BCUT2D eigenvalue weighted by Crippen LogP contribution is -2.50. The first-order chi connectivity index (χ1) is 25.1. The second kappa shape index (κ2) is 35.3. The fourth-order valence-corrected chi connectivity index (χ4v) is 5.87. The topological polar surface area (TPSA) is 99.1 Å². The number of esters is 2. The Morgan fingerprint density at radius 1 is 0.596 bits per heavy atom. The molecule has 0 aromatic rings. The molecule has 0 bridgehead atoms. The van der Waals surface area contributed by atoms with E-state index in [2.05, 4.69) is 32.1 Å². The Labute approximate surface area is 318 Å². The van der Waals surface area contributed by atoms with Crippen molar-refractivity contribution in [3.63, 3.8) is 0 Å². The maximum Gasteiger partial charge on any atom is 0.362 e. The normalized spacial score (nSPS) is 13.5. The monoisotopic (exact) mass is 733 g/mol. The number of hydrogen-bond acceptors (Lipinski definition) is 6. The summed E-state index contributed by atoms with van der Waals surface area (Å²) in [6.07, 6.45) is 40.0. The number of likely N-dealkylation sites (N-methyl/N-ethyl adjacent to an activating group) is 1. The first-order valence-corrected chi connectivity index (χ1v) is 20.7. The van der Waals surface area contributed by atoms with E-state index in [9.17, 15) is 19.5 Å². The molecule has 0 heterocycles. The summed E-state index contributed by atoms with van der Waals surface area (Å²) in [6, 6.07) is -0.618. The number of carbonyl (C=O) groups excluding carboxylic acids is 2. The first-order valence-electron chi connectivity index (χ1n) is 20.7. The van der Waals surface area contributed by atoms with Crippen LogP contribution in [-0.2, 0) is 28.6 Å². The van der Waals surface area contributed by atoms with Gasteiger partial charge in [0.1, 0.15) is 6.61 Å². The average Bonchev–Trinajstić information content (AvgIpc) is 3.09. The number of aliphatic carboxylic acids is 1. The van der Waals surface area contributed by atoms with Crippen LogP contribution in [0.2, 0.25) is 0 Å². The highest BCUT2D eigenvalue weighted by Gasteiger charge is 2.31. The Bertz CT molecular complexity index is 995. The van der Waals surface area contributed by atoms with Crippen molar-refractivity contribution in [2.45, 2.75) is 174 Å². The van der Waals surface area contributed by atoms with Crippen LogP contribution in [0.4, 0.5) is 0 Å². The number of carboxylic acids is 1. The molecular formula is C44H78NO7+. The summed E-state index contributed by atoms with van der Waals surface area (Å²) in [7, 11) is 5.51. The van der Waals surface area contributed by atoms with Crippen molar-refractivity contribution in [1.82, 2.24) is 0 Å². The SMILES string of the molecule is CC/C=C/C=C/C=C/C=C/CCCCCCCC(=O)OC(COCCC(C(=O)O)[N+](C)(C)C)COC(=O)CCCCCCCCCCCCCCC. The molecule has 0 rings (SSSR count). The van der Waals surface area contributed by atoms with E-state index in [1.807, 2.05) is 51.5 Å². The van der Waals surface area contributed by atoms with Crippen LogP contribution >= 0.6 is 0 Å². The summed E-state index contributed by atoms with van der Waals surface area (Å²) < 4.78 is 17.2. The van der Waals surface area contributed by atoms with Crippen LogP contribution in [0.25, 0.3) is 0 Å². The van der Waals surface area contributed by atoms with Crippen LogP contribution in [0.1, 0.15) is 162 Å². The third-order valence-electron chi connectivity index (χ3n) is 9.09. The second-order valence-corrected chi connectivity index (χ2v) is 15.0. The maximum absolute atomic E-state index is 12.7. The maximum atomic E-state index is 12.7. The summed E-state index contributed by atoms with van der Waals surface area (Å²) in [6.45, 7) is 4.56. The molecule has 0 aromatic heterocycles. The number of rotatable bonds is 36. The third-order valence-corrected chi connectivity index (χ3v) is 9.09. The van der Waals surface area contributed by atoms with E-state index in [-0.39, 0.29) is 36.2 Å². The molecule has 52 heavy (non-hydrogen) atoms. The van der Waals surface area contributed by atoms with Crippen LogP contribution in [0.15, 0.2) is 48.6 Å². The molecule has 0 spiro atoms. The minimum absolute atomic E-state index is 0.0517. The highest BCUT2D eigenvalue weighted by molar-refractivity contribution is 5.72. The molecule has 0 saturated carbocycles. The number of carbonyl (C=O) groups is 3. The molecule has 0 aliphatic rings. The summed E-state index contributed by atoms with van der Waals surface area (Å²) in [5, 5.41) is 9.60. The van der Waals surface area contributed by atoms with Crippen LogP contribution in [0.3, 0.4) is 0 Å². The molecule has 2 unspecified atom stereocenters. The number of ether oxygens (including phenoxy) is 3. The van der Waals surface area contributed by atoms with Crippen molar-refractivity contribution < 1.29 is 38.2 Å². The van der Waals surface area contributed by atoms with Crippen LogP contribution in [0.5, 0.6) is 0 Å². The Balaban J connectivity index is 4.43. The van der Waals surface area contributed by atoms with Gasteiger partial charge in [0.15, 0.2) is 12.1 Å². The molecule has 2 atom stereocenters. The van der Waals surface area contributed by atoms with E-state index in [1.54, 1.807) is 0 Å². The van der Waals surface area contributed by atoms with Gasteiger partial charge in [-0.05, 0) is 32.1 Å². The van der Waals surface area contributed by atoms with E-state index < -0.39 is 18.1 Å². The van der Waals surface area contributed by atoms with E-state index in [0.717, 1.165) is 64.2 Å². The fraction of sp³-hybridized carbons (Fsp3) is 0.750. The van der Waals surface area contributed by atoms with Gasteiger partial charge in [0.2, 0.25) is 0 Å². The molecule has 0 amide bonds. The molecule has 1 N–H and O–H groups in total. The number of quaternary nitrogens is 1. The van der Waals surface area contributed by atoms with Crippen LogP contribution < -0.4 is 0 Å². The molecular weight excluding hydrogens is 654 g/mol. The zero-order chi connectivity index (χ0) is 38.5. The van der Waals surface area contributed by atoms with Gasteiger partial charge in [0, 0.05) is 19.3 Å². The number of hydrogen-bond donors (Lipinski definition) is 1. The van der Waals surface area contributed by atoms with Crippen molar-refractivity contribution in [3.8, 4) is 0 Å². The minimum atomic E-state index is -0.881. The molecule has 0 aromatic carbocycles. The van der Waals surface area contributed by atoms with Gasteiger partial charge in [0.05, 0.1) is 34.4 Å². The van der Waals surface area contributed by atoms with Crippen molar-refractivity contribution in [3.05, 3.63) is 48.6 Å². The number of unbranched alkanes of at least 4 members (excludes halogenated alkanes) is 17. The number of allylic oxidation sites excluding steroid dienone is 8. The lowest BCUT2D eigenvalue weighted by atomic mass is 10.0. The van der Waals surface area contributed by atoms with Gasteiger partial charge < -0.3 is 23.8 Å². The summed E-state index contributed by atoms with van der Waals surface area (Å²) in [5.41, 5.74) is 0. The highest BCUT2D eigenvalue weighted by Crippen LogP contribution is 2.14. The molecule has 8 nitrogen and oxygen atoms in total. The smallest absolute Gasteiger partial charge is 0.362 e. The minimum Gasteiger partial charge on any atom is -0.477 e. The highest BCUT2D eigenvalue weighted by atomic mass is 16.6. The number of nitrogens with zero attached hydrogens (tertiary/aromatic N) is 1. The Hall–Kier alpha value is -2.71. The average molecular weight is 733 g/mol. The van der Waals surface area contributed by atoms with Crippen molar-refractivity contribution in [1.29, 1.82) is 0 Å². The van der Waals surface area contributed by atoms with Gasteiger partial charge in [-0.2, -0.15) is 0 Å². The molecule has 8 heteroatoms. The molecule has 0 radical (unpaired) electrons. The second-order valence-electron chi connectivity index (χ2n) is 15.0. The molecule has 0 aliphatic carbocycles. The van der Waals surface area contributed by atoms with Gasteiger partial charge in [-0.25, -0.2) is 4.79 Å². The van der Waals surface area contributed by atoms with Gasteiger partial charge in [0.25, 0.3) is 0 Å². The van der Waals surface area contributed by atoms with Crippen LogP contribution in [-0.4, -0.2) is 80.6 Å². The Morgan fingerprint density at radius 2 is 1.08 bits per heavy atom. The van der Waals surface area contributed by atoms with Crippen LogP contribution in [0, 0.1) is 0 Å². The zero-order valence-electron chi connectivity index (χ0n) is 34.0. The fourth-order valence-electron chi connectivity index (χ4n) is 5.87. The third kappa shape index (κ3) is 33.1. The predicted octanol–water partition coefficient (Wildman–Crippen LogP) is 10.9. The standard InChI is InChI=1S/C44H77NO7/c1-6-8-10-12-14-16-18-20-21-23-25-27-29-31-33-35-43(47)52-40(38-50-37-36-41(44(48)49)45(3,4)5)39-51-42(46)34-32-30-28-26-24-22-19-17-15-13-11-9-7-2/h8,10,12,14,16,18,20-21,40-41H,6-7,9,11,13,15,17,19,22-39H2,1-5H3/p+1/b10-8+,14-12+,18-16+,21-20+. The molecule has 0 aliphatic heterocycles. The number of carboxylic acid groups (broad SMARTS) is 1. The molecule has 0 saturated heterocycles. The Kier molecular flexibility index (Phi) is 33.5. The zero-order valence-corrected chi connectivity index (χ0v) is 34.0. The van der Waals surface area contributed by atoms with Crippen molar-refractivity contribution in [2.24, 2.45) is 0 Å². The molecule has 300 valence electrons. The van der Waals surface area contributed by atoms with E-state index in [1.165, 1.54) is 64.2 Å². The van der Waals surface area contributed by atoms with E-state index >= 15 is 0 Å².